The first-order chi connectivity index (χ1) is 19.1. The molecule has 0 heterocycles. The highest BCUT2D eigenvalue weighted by atomic mass is 16.4. The van der Waals surface area contributed by atoms with Crippen molar-refractivity contribution in [3.8, 4) is 6.07 Å². The van der Waals surface area contributed by atoms with E-state index in [-0.39, 0.29) is 5.57 Å². The minimum absolute atomic E-state index is 0.276. The Balaban J connectivity index is 1.35. The lowest BCUT2D eigenvalue weighted by atomic mass is 10.0. The fourth-order valence-electron chi connectivity index (χ4n) is 5.17. The lowest BCUT2D eigenvalue weighted by Gasteiger charge is -2.27. The van der Waals surface area contributed by atoms with Gasteiger partial charge in [-0.25, -0.2) is 4.79 Å². The summed E-state index contributed by atoms with van der Waals surface area (Å²) in [7, 11) is 0. The predicted octanol–water partition coefficient (Wildman–Crippen LogP) is 8.40. The van der Waals surface area contributed by atoms with Crippen molar-refractivity contribution in [2.75, 3.05) is 4.90 Å². The molecule has 0 unspecified atom stereocenters. The lowest BCUT2D eigenvalue weighted by molar-refractivity contribution is -0.132. The van der Waals surface area contributed by atoms with E-state index in [0.717, 1.165) is 34.6 Å². The van der Waals surface area contributed by atoms with E-state index in [9.17, 15) is 9.90 Å². The molecule has 0 aromatic heterocycles. The van der Waals surface area contributed by atoms with Crippen molar-refractivity contribution < 1.29 is 9.90 Å². The van der Waals surface area contributed by atoms with Crippen LogP contribution in [0.1, 0.15) is 22.3 Å². The molecule has 0 saturated carbocycles. The van der Waals surface area contributed by atoms with Crippen molar-refractivity contribution >= 4 is 51.5 Å². The van der Waals surface area contributed by atoms with Crippen LogP contribution in [0.3, 0.4) is 0 Å². The normalized spacial score (nSPS) is 12.5. The van der Waals surface area contributed by atoms with Gasteiger partial charge in [0.05, 0.1) is 5.69 Å². The molecule has 1 aliphatic carbocycles. The number of carboxylic acid groups (broad SMARTS) is 1. The van der Waals surface area contributed by atoms with Gasteiger partial charge < -0.3 is 10.0 Å². The van der Waals surface area contributed by atoms with Crippen LogP contribution in [0.5, 0.6) is 0 Å². The van der Waals surface area contributed by atoms with E-state index in [0.29, 0.717) is 5.56 Å². The lowest BCUT2D eigenvalue weighted by Crippen LogP contribution is -2.10. The minimum atomic E-state index is -1.22. The number of fused-ring (bicyclic) bond motifs is 2. The Hall–Kier alpha value is -5.40. The van der Waals surface area contributed by atoms with Crippen molar-refractivity contribution in [1.29, 1.82) is 5.26 Å². The van der Waals surface area contributed by atoms with E-state index >= 15 is 0 Å². The van der Waals surface area contributed by atoms with Gasteiger partial charge in [-0.1, -0.05) is 84.9 Å². The monoisotopic (exact) mass is 504 g/mol. The van der Waals surface area contributed by atoms with Crippen molar-refractivity contribution in [1.82, 2.24) is 0 Å². The van der Waals surface area contributed by atoms with Gasteiger partial charge in [-0.15, -0.1) is 0 Å². The summed E-state index contributed by atoms with van der Waals surface area (Å²) in [6.07, 6.45) is 4.36. The number of aliphatic carboxylic acids is 1. The van der Waals surface area contributed by atoms with Gasteiger partial charge in [-0.2, -0.15) is 5.26 Å². The van der Waals surface area contributed by atoms with Gasteiger partial charge in [0.15, 0.2) is 0 Å². The molecule has 0 saturated heterocycles. The summed E-state index contributed by atoms with van der Waals surface area (Å²) in [5, 5.41) is 20.6. The summed E-state index contributed by atoms with van der Waals surface area (Å²) in [5.74, 6) is -1.22. The van der Waals surface area contributed by atoms with Crippen LogP contribution in [0.15, 0.2) is 121 Å². The van der Waals surface area contributed by atoms with Crippen LogP contribution < -0.4 is 4.90 Å². The van der Waals surface area contributed by atoms with Crippen LogP contribution in [0.25, 0.3) is 28.5 Å². The Morgan fingerprint density at radius 3 is 2.31 bits per heavy atom. The zero-order valence-corrected chi connectivity index (χ0v) is 21.1. The number of nitrogens with zero attached hydrogens (tertiary/aromatic N) is 2. The number of para-hydroxylation sites is 1. The Labute approximate surface area is 227 Å². The summed E-state index contributed by atoms with van der Waals surface area (Å²) >= 11 is 0. The molecular formula is C35H24N2O2. The van der Waals surface area contributed by atoms with E-state index in [2.05, 4.69) is 102 Å². The second-order valence-electron chi connectivity index (χ2n) is 9.50. The van der Waals surface area contributed by atoms with Gasteiger partial charge in [-0.3, -0.25) is 0 Å². The SMILES string of the molecule is N#C/C(=C\c1ccc2c(c1)C=C(c1ccc(N(c3ccccc3)c3cccc4ccccc34)cc1)C2)C(=O)O. The molecule has 0 radical (unpaired) electrons. The summed E-state index contributed by atoms with van der Waals surface area (Å²) in [5.41, 5.74) is 8.28. The predicted molar refractivity (Wildman–Crippen MR) is 158 cm³/mol. The molecule has 0 spiro atoms. The quantitative estimate of drug-likeness (QED) is 0.186. The van der Waals surface area contributed by atoms with E-state index in [1.165, 1.54) is 28.0 Å². The van der Waals surface area contributed by atoms with Gasteiger partial charge in [0.2, 0.25) is 0 Å². The number of carbonyl (C=O) groups is 1. The minimum Gasteiger partial charge on any atom is -0.477 e. The second kappa shape index (κ2) is 10.2. The topological polar surface area (TPSA) is 64.3 Å². The maximum Gasteiger partial charge on any atom is 0.346 e. The molecule has 6 rings (SSSR count). The van der Waals surface area contributed by atoms with Crippen molar-refractivity contribution in [3.63, 3.8) is 0 Å². The Bertz CT molecular complexity index is 1800. The molecule has 1 aliphatic rings. The van der Waals surface area contributed by atoms with E-state index < -0.39 is 5.97 Å². The highest BCUT2D eigenvalue weighted by Crippen LogP contribution is 2.40. The molecule has 5 aromatic carbocycles. The number of rotatable bonds is 6. The Morgan fingerprint density at radius 1 is 0.821 bits per heavy atom. The summed E-state index contributed by atoms with van der Waals surface area (Å²) in [4.78, 5) is 13.5. The fourth-order valence-corrected chi connectivity index (χ4v) is 5.17. The number of nitriles is 1. The first-order valence-electron chi connectivity index (χ1n) is 12.7. The van der Waals surface area contributed by atoms with Crippen LogP contribution in [0, 0.1) is 11.3 Å². The molecule has 5 aromatic rings. The molecular weight excluding hydrogens is 480 g/mol. The van der Waals surface area contributed by atoms with E-state index in [1.54, 1.807) is 6.07 Å². The molecule has 0 fully saturated rings. The molecule has 4 nitrogen and oxygen atoms in total. The zero-order chi connectivity index (χ0) is 26.8. The third kappa shape index (κ3) is 4.70. The number of carboxylic acids is 1. The van der Waals surface area contributed by atoms with Crippen molar-refractivity contribution in [3.05, 3.63) is 143 Å². The smallest absolute Gasteiger partial charge is 0.346 e. The number of hydrogen-bond donors (Lipinski definition) is 1. The van der Waals surface area contributed by atoms with E-state index in [4.69, 9.17) is 5.26 Å². The first kappa shape index (κ1) is 24.0. The Kier molecular flexibility index (Phi) is 6.24. The Morgan fingerprint density at radius 2 is 1.54 bits per heavy atom. The van der Waals surface area contributed by atoms with Gasteiger partial charge in [0, 0.05) is 16.8 Å². The average molecular weight is 505 g/mol. The molecule has 186 valence electrons. The van der Waals surface area contributed by atoms with Gasteiger partial charge in [-0.05, 0) is 82.1 Å². The second-order valence-corrected chi connectivity index (χ2v) is 9.50. The van der Waals surface area contributed by atoms with Crippen LogP contribution in [0.4, 0.5) is 17.1 Å². The number of benzene rings is 5. The van der Waals surface area contributed by atoms with Gasteiger partial charge in [0.1, 0.15) is 11.6 Å². The molecule has 0 aliphatic heterocycles. The first-order valence-corrected chi connectivity index (χ1v) is 12.7. The largest absolute Gasteiger partial charge is 0.477 e. The standard InChI is InChI=1S/C35H24N2O2/c36-23-30(35(38)39)20-24-13-14-27-21-29(22-28(27)19-24)25-15-17-32(18-16-25)37(31-9-2-1-3-10-31)34-12-6-8-26-7-4-5-11-33(26)34/h1-20,22H,21H2,(H,38,39)/b30-20+. The molecule has 1 N–H and O–H groups in total. The summed E-state index contributed by atoms with van der Waals surface area (Å²) in [6.45, 7) is 0. The number of hydrogen-bond acceptors (Lipinski definition) is 3. The van der Waals surface area contributed by atoms with Crippen molar-refractivity contribution in [2.45, 2.75) is 6.42 Å². The average Bonchev–Trinajstić information content (AvgIpc) is 3.40. The highest BCUT2D eigenvalue weighted by molar-refractivity contribution is 5.99. The maximum atomic E-state index is 11.2. The van der Waals surface area contributed by atoms with Crippen LogP contribution in [-0.2, 0) is 11.2 Å². The maximum absolute atomic E-state index is 11.2. The summed E-state index contributed by atoms with van der Waals surface area (Å²) < 4.78 is 0. The molecule has 39 heavy (non-hydrogen) atoms. The van der Waals surface area contributed by atoms with Gasteiger partial charge >= 0.3 is 5.97 Å². The van der Waals surface area contributed by atoms with Crippen LogP contribution >= 0.6 is 0 Å². The molecule has 0 bridgehead atoms. The number of allylic oxidation sites excluding steroid dienone is 1. The molecule has 0 amide bonds. The fraction of sp³-hybridized carbons (Fsp3) is 0.0286. The summed E-state index contributed by atoms with van der Waals surface area (Å²) in [6, 6.07) is 41.4. The molecule has 0 atom stereocenters. The zero-order valence-electron chi connectivity index (χ0n) is 21.1. The van der Waals surface area contributed by atoms with Crippen LogP contribution in [-0.4, -0.2) is 11.1 Å². The van der Waals surface area contributed by atoms with Gasteiger partial charge in [0.25, 0.3) is 0 Å². The van der Waals surface area contributed by atoms with E-state index in [1.807, 2.05) is 24.3 Å². The van der Waals surface area contributed by atoms with Crippen molar-refractivity contribution in [2.24, 2.45) is 0 Å². The third-order valence-corrected chi connectivity index (χ3v) is 7.06. The molecule has 4 heteroatoms. The number of anilines is 3. The third-order valence-electron chi connectivity index (χ3n) is 7.06. The van der Waals surface area contributed by atoms with Crippen LogP contribution in [0.2, 0.25) is 0 Å². The highest BCUT2D eigenvalue weighted by Gasteiger charge is 2.18.